The van der Waals surface area contributed by atoms with Gasteiger partial charge >= 0.3 is 5.97 Å². The number of hydrogen-bond acceptors (Lipinski definition) is 4. The number of hydrogen-bond donors (Lipinski definition) is 2. The summed E-state index contributed by atoms with van der Waals surface area (Å²) in [4.78, 5) is 24.3. The van der Waals surface area contributed by atoms with Gasteiger partial charge in [-0.05, 0) is 61.9 Å². The summed E-state index contributed by atoms with van der Waals surface area (Å²) >= 11 is 7.21. The maximum atomic E-state index is 12.1. The number of Topliss-reactive ketones (excluding diaryl/α,β-unsaturated/α-hetero) is 1. The van der Waals surface area contributed by atoms with Crippen molar-refractivity contribution in [1.82, 2.24) is 0 Å². The molecule has 0 saturated carbocycles. The van der Waals surface area contributed by atoms with Gasteiger partial charge in [-0.3, -0.25) is 4.79 Å². The number of carboxylic acid groups (broad SMARTS) is 1. The number of carbonyl (C=O) groups excluding carboxylic acids is 1. The Morgan fingerprint density at radius 1 is 1.12 bits per heavy atom. The lowest BCUT2D eigenvalue weighted by Gasteiger charge is -2.10. The molecular formula is C20H24ClNO3S. The Balaban J connectivity index is 1.61. The van der Waals surface area contributed by atoms with Crippen molar-refractivity contribution >= 4 is 34.7 Å². The van der Waals surface area contributed by atoms with Crippen molar-refractivity contribution in [3.8, 4) is 0 Å². The predicted molar refractivity (Wildman–Crippen MR) is 106 cm³/mol. The highest BCUT2D eigenvalue weighted by Gasteiger charge is 2.14. The normalized spacial score (nSPS) is 12.1. The van der Waals surface area contributed by atoms with Crippen LogP contribution in [0.2, 0.25) is 5.02 Å². The second-order valence-electron chi connectivity index (χ2n) is 6.37. The summed E-state index contributed by atoms with van der Waals surface area (Å²) in [5.41, 5.74) is 7.20. The Bertz CT molecular complexity index is 744. The number of aryl methyl sites for hydroxylation is 2. The van der Waals surface area contributed by atoms with E-state index in [2.05, 4.69) is 6.07 Å². The molecule has 0 amide bonds. The molecule has 1 atom stereocenters. The molecule has 0 fully saturated rings. The molecule has 0 aliphatic carbocycles. The summed E-state index contributed by atoms with van der Waals surface area (Å²) in [7, 11) is 0. The van der Waals surface area contributed by atoms with Gasteiger partial charge in [-0.1, -0.05) is 30.2 Å². The molecule has 1 unspecified atom stereocenters. The molecule has 3 N–H and O–H groups in total. The second-order valence-corrected chi connectivity index (χ2v) is 7.98. The zero-order valence-corrected chi connectivity index (χ0v) is 16.2. The lowest BCUT2D eigenvalue weighted by molar-refractivity contribution is -0.120. The molecule has 4 nitrogen and oxygen atoms in total. The van der Waals surface area contributed by atoms with Crippen molar-refractivity contribution in [2.45, 2.75) is 51.0 Å². The Kier molecular flexibility index (Phi) is 8.29. The maximum absolute atomic E-state index is 12.1. The van der Waals surface area contributed by atoms with E-state index >= 15 is 0 Å². The SMILES string of the molecule is NC(CCc1ccc(C(=O)O)s1)C(=O)CCCCCc1cccc(Cl)c1. The minimum atomic E-state index is -0.917. The molecule has 0 aliphatic heterocycles. The molecule has 0 radical (unpaired) electrons. The molecule has 0 spiro atoms. The minimum absolute atomic E-state index is 0.0859. The Morgan fingerprint density at radius 2 is 1.92 bits per heavy atom. The van der Waals surface area contributed by atoms with Crippen LogP contribution in [0.25, 0.3) is 0 Å². The molecule has 0 aliphatic rings. The third kappa shape index (κ3) is 6.90. The van der Waals surface area contributed by atoms with Crippen LogP contribution >= 0.6 is 22.9 Å². The summed E-state index contributed by atoms with van der Waals surface area (Å²) in [5.74, 6) is -0.831. The summed E-state index contributed by atoms with van der Waals surface area (Å²) < 4.78 is 0. The van der Waals surface area contributed by atoms with E-state index < -0.39 is 12.0 Å². The smallest absolute Gasteiger partial charge is 0.345 e. The number of carboxylic acids is 1. The van der Waals surface area contributed by atoms with Crippen LogP contribution in [0.5, 0.6) is 0 Å². The number of rotatable bonds is 11. The summed E-state index contributed by atoms with van der Waals surface area (Å²) in [5, 5.41) is 9.67. The van der Waals surface area contributed by atoms with Crippen LogP contribution < -0.4 is 5.73 Å². The lowest BCUT2D eigenvalue weighted by atomic mass is 10.0. The average molecular weight is 394 g/mol. The van der Waals surface area contributed by atoms with Gasteiger partial charge in [0, 0.05) is 16.3 Å². The number of nitrogens with two attached hydrogens (primary N) is 1. The van der Waals surface area contributed by atoms with E-state index in [0.717, 1.165) is 35.6 Å². The van der Waals surface area contributed by atoms with Gasteiger partial charge in [0.25, 0.3) is 0 Å². The highest BCUT2D eigenvalue weighted by Crippen LogP contribution is 2.19. The Morgan fingerprint density at radius 3 is 2.62 bits per heavy atom. The highest BCUT2D eigenvalue weighted by molar-refractivity contribution is 7.13. The molecule has 6 heteroatoms. The highest BCUT2D eigenvalue weighted by atomic mass is 35.5. The van der Waals surface area contributed by atoms with E-state index in [0.29, 0.717) is 24.1 Å². The van der Waals surface area contributed by atoms with Gasteiger partial charge < -0.3 is 10.8 Å². The predicted octanol–water partition coefficient (Wildman–Crippen LogP) is 4.73. The summed E-state index contributed by atoms with van der Waals surface area (Å²) in [6, 6.07) is 10.8. The average Bonchev–Trinajstić information content (AvgIpc) is 3.08. The van der Waals surface area contributed by atoms with Crippen LogP contribution in [0.4, 0.5) is 0 Å². The van der Waals surface area contributed by atoms with Gasteiger partial charge in [-0.15, -0.1) is 11.3 Å². The fourth-order valence-corrected chi connectivity index (χ4v) is 3.84. The summed E-state index contributed by atoms with van der Waals surface area (Å²) in [6.07, 6.45) is 5.51. The van der Waals surface area contributed by atoms with Crippen molar-refractivity contribution in [2.75, 3.05) is 0 Å². The van der Waals surface area contributed by atoms with E-state index in [1.165, 1.54) is 16.9 Å². The van der Waals surface area contributed by atoms with Crippen molar-refractivity contribution in [3.05, 3.63) is 56.7 Å². The molecule has 1 heterocycles. The van der Waals surface area contributed by atoms with Crippen LogP contribution in [0, 0.1) is 0 Å². The third-order valence-corrected chi connectivity index (χ3v) is 5.63. The van der Waals surface area contributed by atoms with Crippen LogP contribution in [0.1, 0.15) is 52.2 Å². The number of benzene rings is 1. The van der Waals surface area contributed by atoms with E-state index in [4.69, 9.17) is 22.4 Å². The molecular weight excluding hydrogens is 370 g/mol. The first-order valence-corrected chi connectivity index (χ1v) is 10.00. The number of aromatic carboxylic acids is 1. The molecule has 1 aromatic carbocycles. The monoisotopic (exact) mass is 393 g/mol. The van der Waals surface area contributed by atoms with E-state index in [1.54, 1.807) is 12.1 Å². The van der Waals surface area contributed by atoms with Gasteiger partial charge in [0.05, 0.1) is 6.04 Å². The largest absolute Gasteiger partial charge is 0.477 e. The van der Waals surface area contributed by atoms with Gasteiger partial charge in [-0.25, -0.2) is 4.79 Å². The molecule has 0 bridgehead atoms. The molecule has 140 valence electrons. The first-order chi connectivity index (χ1) is 12.5. The second kappa shape index (κ2) is 10.5. The van der Waals surface area contributed by atoms with Crippen molar-refractivity contribution in [1.29, 1.82) is 0 Å². The van der Waals surface area contributed by atoms with Crippen LogP contribution in [-0.4, -0.2) is 22.9 Å². The van der Waals surface area contributed by atoms with Crippen LogP contribution in [-0.2, 0) is 17.6 Å². The molecule has 2 aromatic rings. The van der Waals surface area contributed by atoms with Gasteiger partial charge in [-0.2, -0.15) is 0 Å². The topological polar surface area (TPSA) is 80.4 Å². The molecule has 26 heavy (non-hydrogen) atoms. The van der Waals surface area contributed by atoms with Gasteiger partial charge in [0.15, 0.2) is 0 Å². The maximum Gasteiger partial charge on any atom is 0.345 e. The quantitative estimate of drug-likeness (QED) is 0.540. The van der Waals surface area contributed by atoms with E-state index in [1.807, 2.05) is 18.2 Å². The van der Waals surface area contributed by atoms with Crippen LogP contribution in [0.15, 0.2) is 36.4 Å². The van der Waals surface area contributed by atoms with Gasteiger partial charge in [0.2, 0.25) is 0 Å². The molecule has 0 saturated heterocycles. The minimum Gasteiger partial charge on any atom is -0.477 e. The zero-order chi connectivity index (χ0) is 18.9. The number of carbonyl (C=O) groups is 2. The van der Waals surface area contributed by atoms with Crippen molar-refractivity contribution in [3.63, 3.8) is 0 Å². The standard InChI is InChI=1S/C20H24ClNO3S/c21-15-7-4-6-14(13-15)5-2-1-3-8-18(23)17(22)11-9-16-10-12-19(26-16)20(24)25/h4,6-7,10,12-13,17H,1-3,5,8-9,11,22H2,(H,24,25). The molecule has 1 aromatic heterocycles. The summed E-state index contributed by atoms with van der Waals surface area (Å²) in [6.45, 7) is 0. The Labute approximate surface area is 163 Å². The van der Waals surface area contributed by atoms with Crippen molar-refractivity contribution < 1.29 is 14.7 Å². The zero-order valence-electron chi connectivity index (χ0n) is 14.6. The van der Waals surface area contributed by atoms with E-state index in [9.17, 15) is 9.59 Å². The van der Waals surface area contributed by atoms with Gasteiger partial charge in [0.1, 0.15) is 10.7 Å². The van der Waals surface area contributed by atoms with Crippen molar-refractivity contribution in [2.24, 2.45) is 5.73 Å². The molecule has 2 rings (SSSR count). The van der Waals surface area contributed by atoms with E-state index in [-0.39, 0.29) is 5.78 Å². The fourth-order valence-electron chi connectivity index (χ4n) is 2.77. The fraction of sp³-hybridized carbons (Fsp3) is 0.400. The first-order valence-electron chi connectivity index (χ1n) is 8.80. The number of unbranched alkanes of at least 4 members (excludes halogenated alkanes) is 2. The Hall–Kier alpha value is -1.69. The number of thiophene rings is 1. The number of halogens is 1. The lowest BCUT2D eigenvalue weighted by Crippen LogP contribution is -2.30. The van der Waals surface area contributed by atoms with Crippen LogP contribution in [0.3, 0.4) is 0 Å². The number of ketones is 1. The third-order valence-electron chi connectivity index (χ3n) is 4.27. The first kappa shape index (κ1) is 20.6.